The first-order valence-corrected chi connectivity index (χ1v) is 7.32. The molecule has 2 atom stereocenters. The molecule has 4 heteroatoms. The molecule has 1 aromatic rings. The fourth-order valence-electron chi connectivity index (χ4n) is 2.72. The van der Waals surface area contributed by atoms with Gasteiger partial charge in [0.1, 0.15) is 0 Å². The second-order valence-corrected chi connectivity index (χ2v) is 5.81. The first-order valence-electron chi connectivity index (χ1n) is 6.44. The van der Waals surface area contributed by atoms with Crippen molar-refractivity contribution in [1.82, 2.24) is 9.80 Å². The van der Waals surface area contributed by atoms with Gasteiger partial charge in [0.25, 0.3) is 0 Å². The topological polar surface area (TPSA) is 32.5 Å². The molecule has 0 spiro atoms. The fourth-order valence-corrected chi connectivity index (χ4v) is 3.66. The first kappa shape index (κ1) is 13.0. The van der Waals surface area contributed by atoms with E-state index < -0.39 is 0 Å². The molecule has 96 valence electrons. The lowest BCUT2D eigenvalue weighted by molar-refractivity contribution is 0.0551. The molecule has 0 aromatic carbocycles. The monoisotopic (exact) mass is 253 g/mol. The number of hydrogen-bond acceptors (Lipinski definition) is 4. The van der Waals surface area contributed by atoms with Crippen molar-refractivity contribution in [3.63, 3.8) is 0 Å². The number of rotatable bonds is 4. The Labute approximate surface area is 108 Å². The lowest BCUT2D eigenvalue weighted by Crippen LogP contribution is -2.55. The van der Waals surface area contributed by atoms with Crippen LogP contribution in [0, 0.1) is 0 Å². The number of nitrogens with zero attached hydrogens (tertiary/aromatic N) is 2. The molecule has 3 nitrogen and oxygen atoms in total. The molecule has 2 unspecified atom stereocenters. The van der Waals surface area contributed by atoms with Crippen molar-refractivity contribution < 1.29 is 0 Å². The maximum absolute atomic E-state index is 5.94. The Hall–Kier alpha value is -0.420. The summed E-state index contributed by atoms with van der Waals surface area (Å²) in [5, 5.41) is 2.17. The predicted molar refractivity (Wildman–Crippen MR) is 74.4 cm³/mol. The van der Waals surface area contributed by atoms with Crippen LogP contribution in [0.25, 0.3) is 0 Å². The van der Waals surface area contributed by atoms with Crippen LogP contribution in [0.4, 0.5) is 0 Å². The van der Waals surface area contributed by atoms with Crippen molar-refractivity contribution in [3.8, 4) is 0 Å². The van der Waals surface area contributed by atoms with Crippen molar-refractivity contribution in [1.29, 1.82) is 0 Å². The number of thiophene rings is 1. The Kier molecular flexibility index (Phi) is 4.56. The van der Waals surface area contributed by atoms with Gasteiger partial charge in [-0.05, 0) is 24.9 Å². The Bertz CT molecular complexity index is 325. The van der Waals surface area contributed by atoms with Crippen molar-refractivity contribution in [3.05, 3.63) is 22.4 Å². The maximum atomic E-state index is 5.94. The largest absolute Gasteiger partial charge is 0.329 e. The first-order chi connectivity index (χ1) is 8.26. The Morgan fingerprint density at radius 3 is 2.94 bits per heavy atom. The van der Waals surface area contributed by atoms with Crippen LogP contribution in [-0.4, -0.2) is 49.1 Å². The quantitative estimate of drug-likeness (QED) is 0.888. The molecule has 0 amide bonds. The van der Waals surface area contributed by atoms with E-state index in [9.17, 15) is 0 Å². The summed E-state index contributed by atoms with van der Waals surface area (Å²) in [5.41, 5.74) is 5.94. The lowest BCUT2D eigenvalue weighted by atomic mass is 10.1. The van der Waals surface area contributed by atoms with E-state index in [4.69, 9.17) is 5.73 Å². The molecular formula is C13H23N3S. The fraction of sp³-hybridized carbons (Fsp3) is 0.692. The smallest absolute Gasteiger partial charge is 0.0443 e. The van der Waals surface area contributed by atoms with Gasteiger partial charge in [-0.3, -0.25) is 4.90 Å². The third-order valence-electron chi connectivity index (χ3n) is 3.66. The summed E-state index contributed by atoms with van der Waals surface area (Å²) in [7, 11) is 2.19. The number of piperazine rings is 1. The van der Waals surface area contributed by atoms with Gasteiger partial charge in [0.05, 0.1) is 0 Å². The van der Waals surface area contributed by atoms with Gasteiger partial charge in [0.2, 0.25) is 0 Å². The van der Waals surface area contributed by atoms with Gasteiger partial charge < -0.3 is 10.6 Å². The van der Waals surface area contributed by atoms with E-state index in [-0.39, 0.29) is 0 Å². The van der Waals surface area contributed by atoms with Crippen LogP contribution in [-0.2, 0) is 0 Å². The minimum absolute atomic E-state index is 0.501. The molecule has 1 saturated heterocycles. The van der Waals surface area contributed by atoms with Gasteiger partial charge in [-0.2, -0.15) is 0 Å². The van der Waals surface area contributed by atoms with Crippen molar-refractivity contribution >= 4 is 11.3 Å². The average Bonchev–Trinajstić information content (AvgIpc) is 2.85. The molecule has 0 bridgehead atoms. The van der Waals surface area contributed by atoms with Gasteiger partial charge >= 0.3 is 0 Å². The highest BCUT2D eigenvalue weighted by molar-refractivity contribution is 7.10. The summed E-state index contributed by atoms with van der Waals surface area (Å²) in [6.45, 7) is 6.41. The van der Waals surface area contributed by atoms with E-state index in [1.54, 1.807) is 0 Å². The van der Waals surface area contributed by atoms with E-state index >= 15 is 0 Å². The van der Waals surface area contributed by atoms with Crippen molar-refractivity contribution in [2.45, 2.75) is 25.4 Å². The van der Waals surface area contributed by atoms with Crippen LogP contribution in [0.5, 0.6) is 0 Å². The third-order valence-corrected chi connectivity index (χ3v) is 4.64. The van der Waals surface area contributed by atoms with E-state index in [0.29, 0.717) is 12.1 Å². The van der Waals surface area contributed by atoms with Gasteiger partial charge in [-0.1, -0.05) is 13.0 Å². The van der Waals surface area contributed by atoms with Gasteiger partial charge in [-0.25, -0.2) is 0 Å². The molecule has 2 heterocycles. The molecule has 0 saturated carbocycles. The molecule has 0 aliphatic carbocycles. The molecular weight excluding hydrogens is 230 g/mol. The summed E-state index contributed by atoms with van der Waals surface area (Å²) in [6.07, 6.45) is 1.17. The summed E-state index contributed by atoms with van der Waals surface area (Å²) in [6, 6.07) is 5.46. The molecule has 2 rings (SSSR count). The normalized spacial score (nSPS) is 25.0. The Morgan fingerprint density at radius 2 is 2.35 bits per heavy atom. The molecule has 17 heavy (non-hydrogen) atoms. The highest BCUT2D eigenvalue weighted by Crippen LogP contribution is 2.30. The standard InChI is InChI=1S/C13H23N3S/c1-3-12(13-5-4-8-17-13)16-7-6-15(2)10-11(16)9-14/h4-5,8,11-12H,3,6-7,9-10,14H2,1-2H3. The number of nitrogens with two attached hydrogens (primary N) is 1. The van der Waals surface area contributed by atoms with Crippen molar-refractivity contribution in [2.75, 3.05) is 33.2 Å². The summed E-state index contributed by atoms with van der Waals surface area (Å²) < 4.78 is 0. The van der Waals surface area contributed by atoms with Crippen LogP contribution < -0.4 is 5.73 Å². The lowest BCUT2D eigenvalue weighted by Gasteiger charge is -2.43. The van der Waals surface area contributed by atoms with Crippen LogP contribution >= 0.6 is 11.3 Å². The summed E-state index contributed by atoms with van der Waals surface area (Å²) in [5.74, 6) is 0. The van der Waals surface area contributed by atoms with E-state index in [2.05, 4.69) is 41.3 Å². The van der Waals surface area contributed by atoms with Crippen LogP contribution in [0.15, 0.2) is 17.5 Å². The third kappa shape index (κ3) is 2.88. The SMILES string of the molecule is CCC(c1cccs1)N1CCN(C)CC1CN. The minimum Gasteiger partial charge on any atom is -0.329 e. The second kappa shape index (κ2) is 5.96. The van der Waals surface area contributed by atoms with Crippen LogP contribution in [0.3, 0.4) is 0 Å². The average molecular weight is 253 g/mol. The molecule has 1 aliphatic heterocycles. The summed E-state index contributed by atoms with van der Waals surface area (Å²) >= 11 is 1.87. The molecule has 2 N–H and O–H groups in total. The van der Waals surface area contributed by atoms with E-state index in [1.807, 2.05) is 11.3 Å². The highest BCUT2D eigenvalue weighted by atomic mass is 32.1. The van der Waals surface area contributed by atoms with Crippen molar-refractivity contribution in [2.24, 2.45) is 5.73 Å². The van der Waals surface area contributed by atoms with Crippen LogP contribution in [0.2, 0.25) is 0 Å². The Balaban J connectivity index is 2.13. The zero-order chi connectivity index (χ0) is 12.3. The highest BCUT2D eigenvalue weighted by Gasteiger charge is 2.30. The zero-order valence-corrected chi connectivity index (χ0v) is 11.6. The van der Waals surface area contributed by atoms with Crippen LogP contribution in [0.1, 0.15) is 24.3 Å². The molecule has 1 aliphatic rings. The molecule has 1 fully saturated rings. The summed E-state index contributed by atoms with van der Waals surface area (Å²) in [4.78, 5) is 6.47. The number of hydrogen-bond donors (Lipinski definition) is 1. The van der Waals surface area contributed by atoms with Gasteiger partial charge in [-0.15, -0.1) is 11.3 Å². The Morgan fingerprint density at radius 1 is 1.53 bits per heavy atom. The predicted octanol–water partition coefficient (Wildman–Crippen LogP) is 1.77. The maximum Gasteiger partial charge on any atom is 0.0443 e. The molecule has 1 aromatic heterocycles. The minimum atomic E-state index is 0.501. The number of likely N-dealkylation sites (N-methyl/N-ethyl adjacent to an activating group) is 1. The zero-order valence-electron chi connectivity index (χ0n) is 10.8. The van der Waals surface area contributed by atoms with E-state index in [1.165, 1.54) is 11.3 Å². The van der Waals surface area contributed by atoms with E-state index in [0.717, 1.165) is 26.2 Å². The van der Waals surface area contributed by atoms with Gasteiger partial charge in [0.15, 0.2) is 0 Å². The molecule has 0 radical (unpaired) electrons. The van der Waals surface area contributed by atoms with Gasteiger partial charge in [0, 0.05) is 43.1 Å². The second-order valence-electron chi connectivity index (χ2n) is 4.83.